The molecule has 0 spiro atoms. The molecule has 5 heteroatoms. The molecule has 1 aliphatic carbocycles. The average Bonchev–Trinajstić information content (AvgIpc) is 2.40. The van der Waals surface area contributed by atoms with Crippen molar-refractivity contribution in [1.82, 2.24) is 5.32 Å². The van der Waals surface area contributed by atoms with Crippen LogP contribution in [0.2, 0.25) is 0 Å². The van der Waals surface area contributed by atoms with Crippen molar-refractivity contribution in [2.75, 3.05) is 7.05 Å². The normalized spacial score (nSPS) is 20.9. The molecule has 0 radical (unpaired) electrons. The van der Waals surface area contributed by atoms with Gasteiger partial charge in [0.15, 0.2) is 0 Å². The zero-order valence-corrected chi connectivity index (χ0v) is 11.4. The van der Waals surface area contributed by atoms with Crippen LogP contribution in [0.4, 0.5) is 17.6 Å². The fourth-order valence-corrected chi connectivity index (χ4v) is 2.91. The third-order valence-electron chi connectivity index (χ3n) is 4.15. The summed E-state index contributed by atoms with van der Waals surface area (Å²) < 4.78 is 53.1. The maximum Gasteiger partial charge on any atom is 0.248 e. The standard InChI is InChI=1S/C15H19F4N/c1-20-14(10-4-6-15(18,19)7-5-10)9-11-8-12(16)2-3-13(11)17/h2-3,8,10,14,20H,4-7,9H2,1H3. The van der Waals surface area contributed by atoms with Crippen LogP contribution in [0.5, 0.6) is 0 Å². The number of rotatable bonds is 4. The van der Waals surface area contributed by atoms with Gasteiger partial charge in [0, 0.05) is 18.9 Å². The number of hydrogen-bond donors (Lipinski definition) is 1. The summed E-state index contributed by atoms with van der Waals surface area (Å²) in [6, 6.07) is 3.25. The van der Waals surface area contributed by atoms with Crippen LogP contribution >= 0.6 is 0 Å². The third kappa shape index (κ3) is 3.72. The van der Waals surface area contributed by atoms with E-state index in [0.29, 0.717) is 24.8 Å². The topological polar surface area (TPSA) is 12.0 Å². The minimum Gasteiger partial charge on any atom is -0.316 e. The van der Waals surface area contributed by atoms with Crippen LogP contribution in [0.15, 0.2) is 18.2 Å². The molecule has 2 rings (SSSR count). The first-order valence-corrected chi connectivity index (χ1v) is 6.90. The molecule has 0 heterocycles. The highest BCUT2D eigenvalue weighted by Gasteiger charge is 2.37. The van der Waals surface area contributed by atoms with Crippen molar-refractivity contribution < 1.29 is 17.6 Å². The zero-order chi connectivity index (χ0) is 14.8. The largest absolute Gasteiger partial charge is 0.316 e. The molecule has 1 saturated carbocycles. The van der Waals surface area contributed by atoms with Crippen molar-refractivity contribution >= 4 is 0 Å². The lowest BCUT2D eigenvalue weighted by molar-refractivity contribution is -0.0493. The molecule has 1 atom stereocenters. The monoisotopic (exact) mass is 289 g/mol. The SMILES string of the molecule is CNC(Cc1cc(F)ccc1F)C1CCC(F)(F)CC1. The molecule has 0 aromatic heterocycles. The van der Waals surface area contributed by atoms with E-state index in [4.69, 9.17) is 0 Å². The minimum atomic E-state index is -2.57. The Morgan fingerprint density at radius 2 is 1.90 bits per heavy atom. The minimum absolute atomic E-state index is 0.0716. The second-order valence-corrected chi connectivity index (χ2v) is 5.53. The van der Waals surface area contributed by atoms with Crippen LogP contribution in [-0.2, 0) is 6.42 Å². The van der Waals surface area contributed by atoms with Crippen LogP contribution < -0.4 is 5.32 Å². The van der Waals surface area contributed by atoms with Gasteiger partial charge in [0.2, 0.25) is 5.92 Å². The van der Waals surface area contributed by atoms with Crippen molar-refractivity contribution in [3.8, 4) is 0 Å². The van der Waals surface area contributed by atoms with E-state index in [1.807, 2.05) is 0 Å². The number of halogens is 4. The number of hydrogen-bond acceptors (Lipinski definition) is 1. The van der Waals surface area contributed by atoms with E-state index >= 15 is 0 Å². The summed E-state index contributed by atoms with van der Waals surface area (Å²) >= 11 is 0. The van der Waals surface area contributed by atoms with Crippen LogP contribution in [0, 0.1) is 17.6 Å². The zero-order valence-electron chi connectivity index (χ0n) is 11.4. The Labute approximate surface area is 116 Å². The summed E-state index contributed by atoms with van der Waals surface area (Å²) in [7, 11) is 1.73. The van der Waals surface area contributed by atoms with E-state index in [0.717, 1.165) is 12.1 Å². The molecular weight excluding hydrogens is 270 g/mol. The molecule has 1 aromatic rings. The first-order valence-electron chi connectivity index (χ1n) is 6.90. The number of nitrogens with one attached hydrogen (secondary N) is 1. The van der Waals surface area contributed by atoms with E-state index < -0.39 is 17.6 Å². The van der Waals surface area contributed by atoms with Crippen LogP contribution in [-0.4, -0.2) is 19.0 Å². The van der Waals surface area contributed by atoms with Gasteiger partial charge in [-0.3, -0.25) is 0 Å². The molecule has 0 bridgehead atoms. The highest BCUT2D eigenvalue weighted by Crippen LogP contribution is 2.38. The molecule has 1 nitrogen and oxygen atoms in total. The fourth-order valence-electron chi connectivity index (χ4n) is 2.91. The molecule has 0 amide bonds. The van der Waals surface area contributed by atoms with Gasteiger partial charge in [-0.15, -0.1) is 0 Å². The average molecular weight is 289 g/mol. The van der Waals surface area contributed by atoms with Crippen LogP contribution in [0.3, 0.4) is 0 Å². The Morgan fingerprint density at radius 3 is 2.50 bits per heavy atom. The summed E-state index contributed by atoms with van der Waals surface area (Å²) in [6.45, 7) is 0. The number of alkyl halides is 2. The van der Waals surface area contributed by atoms with E-state index in [9.17, 15) is 17.6 Å². The van der Waals surface area contributed by atoms with Gasteiger partial charge in [-0.1, -0.05) is 0 Å². The van der Waals surface area contributed by atoms with Gasteiger partial charge in [0.1, 0.15) is 11.6 Å². The van der Waals surface area contributed by atoms with Crippen molar-refractivity contribution in [3.63, 3.8) is 0 Å². The lowest BCUT2D eigenvalue weighted by Gasteiger charge is -2.33. The highest BCUT2D eigenvalue weighted by atomic mass is 19.3. The lowest BCUT2D eigenvalue weighted by atomic mass is 9.80. The molecular formula is C15H19F4N. The lowest BCUT2D eigenvalue weighted by Crippen LogP contribution is -2.39. The maximum atomic E-state index is 13.6. The summed E-state index contributed by atoms with van der Waals surface area (Å²) in [4.78, 5) is 0. The Bertz CT molecular complexity index is 451. The first-order chi connectivity index (χ1) is 9.41. The molecule has 1 aliphatic rings. The molecule has 1 fully saturated rings. The third-order valence-corrected chi connectivity index (χ3v) is 4.15. The molecule has 1 N–H and O–H groups in total. The van der Waals surface area contributed by atoms with Gasteiger partial charge in [-0.05, 0) is 56.0 Å². The van der Waals surface area contributed by atoms with Gasteiger partial charge < -0.3 is 5.32 Å². The maximum absolute atomic E-state index is 13.6. The van der Waals surface area contributed by atoms with Crippen LogP contribution in [0.1, 0.15) is 31.2 Å². The molecule has 112 valence electrons. The van der Waals surface area contributed by atoms with Crippen LogP contribution in [0.25, 0.3) is 0 Å². The Morgan fingerprint density at radius 1 is 1.25 bits per heavy atom. The quantitative estimate of drug-likeness (QED) is 0.828. The number of likely N-dealkylation sites (N-methyl/N-ethyl adjacent to an activating group) is 1. The van der Waals surface area contributed by atoms with E-state index in [2.05, 4.69) is 5.32 Å². The van der Waals surface area contributed by atoms with Crippen molar-refractivity contribution in [2.45, 2.75) is 44.1 Å². The molecule has 0 saturated heterocycles. The van der Waals surface area contributed by atoms with E-state index in [1.54, 1.807) is 7.05 Å². The highest BCUT2D eigenvalue weighted by molar-refractivity contribution is 5.20. The molecule has 1 unspecified atom stereocenters. The predicted octanol–water partition coefficient (Wildman–Crippen LogP) is 3.92. The Hall–Kier alpha value is -1.10. The van der Waals surface area contributed by atoms with Gasteiger partial charge in [-0.25, -0.2) is 17.6 Å². The summed E-state index contributed by atoms with van der Waals surface area (Å²) in [5.74, 6) is -3.43. The molecule has 0 aliphatic heterocycles. The van der Waals surface area contributed by atoms with Crippen molar-refractivity contribution in [1.29, 1.82) is 0 Å². The Kier molecular flexibility index (Phi) is 4.68. The molecule has 1 aromatic carbocycles. The fraction of sp³-hybridized carbons (Fsp3) is 0.600. The summed E-state index contributed by atoms with van der Waals surface area (Å²) in [6.07, 6.45) is 0.893. The first kappa shape index (κ1) is 15.3. The predicted molar refractivity (Wildman–Crippen MR) is 69.8 cm³/mol. The summed E-state index contributed by atoms with van der Waals surface area (Å²) in [5.41, 5.74) is 0.293. The van der Waals surface area contributed by atoms with Crippen molar-refractivity contribution in [2.24, 2.45) is 5.92 Å². The number of benzene rings is 1. The second-order valence-electron chi connectivity index (χ2n) is 5.53. The van der Waals surface area contributed by atoms with E-state index in [1.165, 1.54) is 6.07 Å². The summed E-state index contributed by atoms with van der Waals surface area (Å²) in [5, 5.41) is 3.06. The second kappa shape index (κ2) is 6.12. The van der Waals surface area contributed by atoms with Gasteiger partial charge >= 0.3 is 0 Å². The Balaban J connectivity index is 2.04. The molecule has 20 heavy (non-hydrogen) atoms. The smallest absolute Gasteiger partial charge is 0.248 e. The van der Waals surface area contributed by atoms with Crippen molar-refractivity contribution in [3.05, 3.63) is 35.4 Å². The van der Waals surface area contributed by atoms with Gasteiger partial charge in [0.05, 0.1) is 0 Å². The van der Waals surface area contributed by atoms with Gasteiger partial charge in [-0.2, -0.15) is 0 Å². The van der Waals surface area contributed by atoms with E-state index in [-0.39, 0.29) is 24.8 Å². The van der Waals surface area contributed by atoms with Gasteiger partial charge in [0.25, 0.3) is 0 Å².